The van der Waals surface area contributed by atoms with Crippen LogP contribution in [0.3, 0.4) is 0 Å². The summed E-state index contributed by atoms with van der Waals surface area (Å²) in [5.41, 5.74) is -0.135. The van der Waals surface area contributed by atoms with E-state index in [-0.39, 0.29) is 11.2 Å². The van der Waals surface area contributed by atoms with Crippen LogP contribution in [0.4, 0.5) is 0 Å². The molecule has 1 aliphatic rings. The SMILES string of the molecule is CC1(C)Cc2c(sc3[nH]c(=O)n(-c4ccccn4)c(=O)c23)CO1. The largest absolute Gasteiger partial charge is 0.370 e. The van der Waals surface area contributed by atoms with E-state index >= 15 is 0 Å². The van der Waals surface area contributed by atoms with E-state index in [4.69, 9.17) is 4.74 Å². The second-order valence-corrected chi connectivity index (χ2v) is 7.30. The van der Waals surface area contributed by atoms with Gasteiger partial charge in [-0.1, -0.05) is 6.07 Å². The minimum atomic E-state index is -0.472. The number of H-pyrrole nitrogens is 1. The third-order valence-corrected chi connectivity index (χ3v) is 5.13. The maximum absolute atomic E-state index is 13.0. The van der Waals surface area contributed by atoms with Crippen LogP contribution in [0.15, 0.2) is 34.0 Å². The molecule has 118 valence electrons. The molecule has 23 heavy (non-hydrogen) atoms. The van der Waals surface area contributed by atoms with Crippen LogP contribution in [-0.4, -0.2) is 20.1 Å². The lowest BCUT2D eigenvalue weighted by molar-refractivity contribution is -0.0379. The minimum Gasteiger partial charge on any atom is -0.370 e. The van der Waals surface area contributed by atoms with Crippen LogP contribution in [0.25, 0.3) is 16.0 Å². The average molecular weight is 329 g/mol. The highest BCUT2D eigenvalue weighted by molar-refractivity contribution is 7.18. The van der Waals surface area contributed by atoms with Crippen molar-refractivity contribution < 1.29 is 4.74 Å². The number of thiophene rings is 1. The lowest BCUT2D eigenvalue weighted by Crippen LogP contribution is -2.35. The van der Waals surface area contributed by atoms with Crippen LogP contribution in [0.2, 0.25) is 0 Å². The molecule has 0 aromatic carbocycles. The molecule has 0 amide bonds. The highest BCUT2D eigenvalue weighted by Crippen LogP contribution is 2.36. The zero-order valence-corrected chi connectivity index (χ0v) is 13.6. The van der Waals surface area contributed by atoms with Gasteiger partial charge in [-0.25, -0.2) is 14.3 Å². The number of aromatic nitrogens is 3. The van der Waals surface area contributed by atoms with Crippen molar-refractivity contribution in [1.82, 2.24) is 14.5 Å². The molecule has 1 N–H and O–H groups in total. The van der Waals surface area contributed by atoms with E-state index in [2.05, 4.69) is 9.97 Å². The Labute approximate surface area is 135 Å². The summed E-state index contributed by atoms with van der Waals surface area (Å²) >= 11 is 1.42. The van der Waals surface area contributed by atoms with Gasteiger partial charge in [-0.3, -0.25) is 9.78 Å². The summed E-state index contributed by atoms with van der Waals surface area (Å²) in [6.45, 7) is 4.47. The Morgan fingerprint density at radius 2 is 2.17 bits per heavy atom. The van der Waals surface area contributed by atoms with E-state index in [0.717, 1.165) is 15.0 Å². The lowest BCUT2D eigenvalue weighted by Gasteiger charge is -2.29. The zero-order chi connectivity index (χ0) is 16.2. The molecule has 4 heterocycles. The molecule has 3 aromatic heterocycles. The molecule has 6 nitrogen and oxygen atoms in total. The predicted octanol–water partition coefficient (Wildman–Crippen LogP) is 1.99. The number of aromatic amines is 1. The van der Waals surface area contributed by atoms with Crippen molar-refractivity contribution in [2.24, 2.45) is 0 Å². The zero-order valence-electron chi connectivity index (χ0n) is 12.8. The van der Waals surface area contributed by atoms with Gasteiger partial charge in [-0.15, -0.1) is 11.3 Å². The van der Waals surface area contributed by atoms with Crippen molar-refractivity contribution in [3.05, 3.63) is 55.7 Å². The number of hydrogen-bond acceptors (Lipinski definition) is 5. The topological polar surface area (TPSA) is 77.0 Å². The van der Waals surface area contributed by atoms with Gasteiger partial charge in [0, 0.05) is 17.5 Å². The van der Waals surface area contributed by atoms with Gasteiger partial charge in [-0.05, 0) is 31.5 Å². The predicted molar refractivity (Wildman–Crippen MR) is 88.4 cm³/mol. The summed E-state index contributed by atoms with van der Waals surface area (Å²) in [6.07, 6.45) is 2.21. The average Bonchev–Trinajstić information content (AvgIpc) is 2.84. The molecule has 0 radical (unpaired) electrons. The van der Waals surface area contributed by atoms with Crippen molar-refractivity contribution >= 4 is 21.6 Å². The highest BCUT2D eigenvalue weighted by Gasteiger charge is 2.31. The normalized spacial score (nSPS) is 16.4. The fourth-order valence-corrected chi connectivity index (χ4v) is 4.03. The number of fused-ring (bicyclic) bond motifs is 3. The molecule has 0 saturated carbocycles. The van der Waals surface area contributed by atoms with Gasteiger partial charge in [-0.2, -0.15) is 0 Å². The number of hydrogen-bond donors (Lipinski definition) is 1. The van der Waals surface area contributed by atoms with Gasteiger partial charge in [0.15, 0.2) is 0 Å². The lowest BCUT2D eigenvalue weighted by atomic mass is 9.94. The van der Waals surface area contributed by atoms with E-state index in [9.17, 15) is 9.59 Å². The van der Waals surface area contributed by atoms with Gasteiger partial charge in [0.25, 0.3) is 5.56 Å². The van der Waals surface area contributed by atoms with Crippen LogP contribution >= 0.6 is 11.3 Å². The number of nitrogens with one attached hydrogen (secondary N) is 1. The van der Waals surface area contributed by atoms with Crippen molar-refractivity contribution in [3.63, 3.8) is 0 Å². The number of rotatable bonds is 1. The third kappa shape index (κ3) is 2.24. The monoisotopic (exact) mass is 329 g/mol. The Kier molecular flexibility index (Phi) is 3.04. The van der Waals surface area contributed by atoms with Gasteiger partial charge in [0.1, 0.15) is 10.6 Å². The van der Waals surface area contributed by atoms with Gasteiger partial charge in [0.05, 0.1) is 17.6 Å². The first-order chi connectivity index (χ1) is 11.0. The van der Waals surface area contributed by atoms with Crippen LogP contribution < -0.4 is 11.2 Å². The standard InChI is InChI=1S/C16H15N3O3S/c1-16(2)7-9-10(8-22-16)23-13-12(9)14(20)19(15(21)18-13)11-5-3-4-6-17-11/h3-6H,7-8H2,1-2H3,(H,18,21). The maximum Gasteiger partial charge on any atom is 0.335 e. The number of nitrogens with zero attached hydrogens (tertiary/aromatic N) is 2. The Morgan fingerprint density at radius 3 is 2.91 bits per heavy atom. The van der Waals surface area contributed by atoms with E-state index in [1.165, 1.54) is 11.3 Å². The molecule has 0 saturated heterocycles. The van der Waals surface area contributed by atoms with E-state index in [0.29, 0.717) is 29.1 Å². The Balaban J connectivity index is 2.05. The molecule has 0 aliphatic carbocycles. The summed E-state index contributed by atoms with van der Waals surface area (Å²) < 4.78 is 6.90. The first-order valence-corrected chi connectivity index (χ1v) is 8.13. The first kappa shape index (κ1) is 14.3. The van der Waals surface area contributed by atoms with Gasteiger partial charge < -0.3 is 4.74 Å². The summed E-state index contributed by atoms with van der Waals surface area (Å²) in [7, 11) is 0. The molecular weight excluding hydrogens is 314 g/mol. The van der Waals surface area contributed by atoms with Crippen molar-refractivity contribution in [2.45, 2.75) is 32.5 Å². The number of ether oxygens (including phenoxy) is 1. The molecule has 0 atom stereocenters. The second kappa shape index (κ2) is 4.87. The first-order valence-electron chi connectivity index (χ1n) is 7.31. The Bertz CT molecular complexity index is 1010. The van der Waals surface area contributed by atoms with Crippen LogP contribution in [0, 0.1) is 0 Å². The quantitative estimate of drug-likeness (QED) is 0.741. The van der Waals surface area contributed by atoms with Crippen molar-refractivity contribution in [3.8, 4) is 5.82 Å². The molecule has 1 aliphatic heterocycles. The van der Waals surface area contributed by atoms with Gasteiger partial charge >= 0.3 is 5.69 Å². The third-order valence-electron chi connectivity index (χ3n) is 4.01. The molecular formula is C16H15N3O3S. The molecule has 0 spiro atoms. The molecule has 0 bridgehead atoms. The Morgan fingerprint density at radius 1 is 1.35 bits per heavy atom. The van der Waals surface area contributed by atoms with Crippen LogP contribution in [0.5, 0.6) is 0 Å². The molecule has 4 rings (SSSR count). The smallest absolute Gasteiger partial charge is 0.335 e. The minimum absolute atomic E-state index is 0.320. The molecule has 0 fully saturated rings. The number of pyridine rings is 1. The molecule has 3 aromatic rings. The fourth-order valence-electron chi connectivity index (χ4n) is 2.92. The highest BCUT2D eigenvalue weighted by atomic mass is 32.1. The maximum atomic E-state index is 13.0. The van der Waals surface area contributed by atoms with E-state index in [1.54, 1.807) is 24.4 Å². The van der Waals surface area contributed by atoms with E-state index < -0.39 is 5.69 Å². The molecule has 7 heteroatoms. The van der Waals surface area contributed by atoms with Crippen molar-refractivity contribution in [1.29, 1.82) is 0 Å². The Hall–Kier alpha value is -2.25. The summed E-state index contributed by atoms with van der Waals surface area (Å²) in [5, 5.41) is 0.576. The summed E-state index contributed by atoms with van der Waals surface area (Å²) in [5.74, 6) is 0.326. The summed E-state index contributed by atoms with van der Waals surface area (Å²) in [4.78, 5) is 33.9. The summed E-state index contributed by atoms with van der Waals surface area (Å²) in [6, 6.07) is 5.14. The molecule has 0 unspecified atom stereocenters. The van der Waals surface area contributed by atoms with Crippen molar-refractivity contribution in [2.75, 3.05) is 0 Å². The van der Waals surface area contributed by atoms with Crippen LogP contribution in [-0.2, 0) is 17.8 Å². The van der Waals surface area contributed by atoms with E-state index in [1.807, 2.05) is 13.8 Å². The van der Waals surface area contributed by atoms with Crippen LogP contribution in [0.1, 0.15) is 24.3 Å². The van der Waals surface area contributed by atoms with Gasteiger partial charge in [0.2, 0.25) is 0 Å². The second-order valence-electron chi connectivity index (χ2n) is 6.19. The fraction of sp³-hybridized carbons (Fsp3) is 0.312.